The Bertz CT molecular complexity index is 1150. The summed E-state index contributed by atoms with van der Waals surface area (Å²) in [5.74, 6) is -1.91. The molecule has 4 N–H and O–H groups in total. The van der Waals surface area contributed by atoms with Crippen LogP contribution in [0.5, 0.6) is 0 Å². The van der Waals surface area contributed by atoms with E-state index >= 15 is 0 Å². The molecule has 0 heterocycles. The zero-order valence-corrected chi connectivity index (χ0v) is 22.3. The lowest BCUT2D eigenvalue weighted by Crippen LogP contribution is -2.51. The predicted octanol–water partition coefficient (Wildman–Crippen LogP) is 3.18. The molecule has 0 radical (unpaired) electrons. The Labute approximate surface area is 224 Å². The summed E-state index contributed by atoms with van der Waals surface area (Å²) in [4.78, 5) is 52.1. The average Bonchev–Trinajstić information content (AvgIpc) is 2.87. The summed E-state index contributed by atoms with van der Waals surface area (Å²) < 4.78 is 5.28. The van der Waals surface area contributed by atoms with Crippen molar-refractivity contribution < 1.29 is 23.9 Å². The summed E-state index contributed by atoms with van der Waals surface area (Å²) in [6.07, 6.45) is 5.38. The number of terminal acetylenes is 1. The van der Waals surface area contributed by atoms with E-state index in [4.69, 9.17) is 16.9 Å². The van der Waals surface area contributed by atoms with E-state index in [-0.39, 0.29) is 19.4 Å². The minimum absolute atomic E-state index is 0.126. The number of aryl methyl sites for hydroxylation is 1. The molecule has 0 saturated heterocycles. The Morgan fingerprint density at radius 3 is 2.18 bits per heavy atom. The van der Waals surface area contributed by atoms with Crippen molar-refractivity contribution in [2.75, 3.05) is 0 Å². The summed E-state index contributed by atoms with van der Waals surface area (Å²) in [6, 6.07) is 16.3. The van der Waals surface area contributed by atoms with Crippen molar-refractivity contribution in [3.8, 4) is 12.5 Å². The van der Waals surface area contributed by atoms with E-state index in [1.54, 1.807) is 32.9 Å². The van der Waals surface area contributed by atoms with Crippen LogP contribution in [-0.4, -0.2) is 40.4 Å². The van der Waals surface area contributed by atoms with Crippen molar-refractivity contribution in [2.45, 2.75) is 71.2 Å². The highest BCUT2D eigenvalue weighted by atomic mass is 16.6. The van der Waals surface area contributed by atoms with Crippen LogP contribution in [0.1, 0.15) is 63.3 Å². The van der Waals surface area contributed by atoms with Gasteiger partial charge in [-0.3, -0.25) is 19.3 Å². The van der Waals surface area contributed by atoms with Gasteiger partial charge in [0.15, 0.2) is 0 Å². The number of nitrogens with one attached hydrogen (secondary N) is 2. The molecular formula is C29H36N4O5. The largest absolute Gasteiger partial charge is 0.444 e. The summed E-state index contributed by atoms with van der Waals surface area (Å²) >= 11 is 0. The Kier molecular flexibility index (Phi) is 10.9. The Balaban J connectivity index is 2.40. The standard InChI is InChI=1S/C29H36N4O5/c1-6-20-13-15-22(16-14-20)25(26(35)31-19-21-11-9-8-10-12-21)33(7-2)27(36)23(17-18-24(30)34)32-28(37)38-29(3,4)5/h2,8-16,23,25H,6,17-19H2,1,3-5H3,(H2,30,34)(H,31,35)(H,32,37). The molecule has 0 fully saturated rings. The van der Waals surface area contributed by atoms with Crippen molar-refractivity contribution in [1.29, 1.82) is 0 Å². The number of benzene rings is 2. The lowest BCUT2D eigenvalue weighted by atomic mass is 10.00. The topological polar surface area (TPSA) is 131 Å². The first-order chi connectivity index (χ1) is 17.9. The van der Waals surface area contributed by atoms with Crippen molar-refractivity contribution in [1.82, 2.24) is 15.5 Å². The van der Waals surface area contributed by atoms with E-state index in [0.717, 1.165) is 22.4 Å². The van der Waals surface area contributed by atoms with Crippen LogP contribution >= 0.6 is 0 Å². The van der Waals surface area contributed by atoms with E-state index < -0.39 is 41.5 Å². The number of carbonyl (C=O) groups excluding carboxylic acids is 4. The molecule has 2 aromatic carbocycles. The number of alkyl carbamates (subject to hydrolysis) is 1. The van der Waals surface area contributed by atoms with Gasteiger partial charge in [-0.15, -0.1) is 0 Å². The molecule has 0 aliphatic rings. The average molecular weight is 521 g/mol. The fourth-order valence-electron chi connectivity index (χ4n) is 3.66. The number of ether oxygens (including phenoxy) is 1. The number of carbonyl (C=O) groups is 4. The third-order valence-corrected chi connectivity index (χ3v) is 5.56. The van der Waals surface area contributed by atoms with Crippen LogP contribution in [0.4, 0.5) is 4.79 Å². The van der Waals surface area contributed by atoms with Crippen LogP contribution in [0.25, 0.3) is 0 Å². The maximum atomic E-state index is 13.7. The molecule has 0 aliphatic heterocycles. The summed E-state index contributed by atoms with van der Waals surface area (Å²) in [5.41, 5.74) is 6.87. The highest BCUT2D eigenvalue weighted by Gasteiger charge is 2.36. The van der Waals surface area contributed by atoms with Crippen LogP contribution in [-0.2, 0) is 32.1 Å². The van der Waals surface area contributed by atoms with Crippen molar-refractivity contribution >= 4 is 23.8 Å². The van der Waals surface area contributed by atoms with Crippen LogP contribution in [0.3, 0.4) is 0 Å². The van der Waals surface area contributed by atoms with Crippen LogP contribution in [0, 0.1) is 12.5 Å². The molecule has 2 atom stereocenters. The second-order valence-corrected chi connectivity index (χ2v) is 9.74. The number of primary amides is 1. The lowest BCUT2D eigenvalue weighted by Gasteiger charge is -2.30. The van der Waals surface area contributed by atoms with Gasteiger partial charge in [0.05, 0.1) is 0 Å². The lowest BCUT2D eigenvalue weighted by molar-refractivity contribution is -0.139. The first kappa shape index (κ1) is 29.9. The SMILES string of the molecule is C#CN(C(=O)C(CCC(N)=O)NC(=O)OC(C)(C)C)C(C(=O)NCc1ccccc1)c1ccc(CC)cc1. The zero-order valence-electron chi connectivity index (χ0n) is 22.3. The molecule has 2 rings (SSSR count). The van der Waals surface area contributed by atoms with E-state index in [0.29, 0.717) is 5.56 Å². The van der Waals surface area contributed by atoms with Gasteiger partial charge in [0.2, 0.25) is 11.8 Å². The van der Waals surface area contributed by atoms with Gasteiger partial charge < -0.3 is 21.1 Å². The summed E-state index contributed by atoms with van der Waals surface area (Å²) in [6.45, 7) is 7.24. The molecule has 38 heavy (non-hydrogen) atoms. The van der Waals surface area contributed by atoms with Gasteiger partial charge in [-0.1, -0.05) is 67.9 Å². The number of hydrogen-bond donors (Lipinski definition) is 3. The molecule has 0 bridgehead atoms. The number of nitrogens with two attached hydrogens (primary N) is 1. The van der Waals surface area contributed by atoms with Crippen LogP contribution < -0.4 is 16.4 Å². The maximum absolute atomic E-state index is 13.7. The van der Waals surface area contributed by atoms with Crippen LogP contribution in [0.15, 0.2) is 54.6 Å². The van der Waals surface area contributed by atoms with Gasteiger partial charge in [-0.2, -0.15) is 0 Å². The third-order valence-electron chi connectivity index (χ3n) is 5.56. The van der Waals surface area contributed by atoms with E-state index in [9.17, 15) is 19.2 Å². The van der Waals surface area contributed by atoms with Gasteiger partial charge >= 0.3 is 6.09 Å². The van der Waals surface area contributed by atoms with E-state index in [1.807, 2.05) is 49.4 Å². The molecule has 9 nitrogen and oxygen atoms in total. The molecule has 202 valence electrons. The molecule has 9 heteroatoms. The zero-order chi connectivity index (χ0) is 28.3. The second kappa shape index (κ2) is 13.8. The first-order valence-corrected chi connectivity index (χ1v) is 12.4. The number of amides is 4. The Morgan fingerprint density at radius 1 is 1.03 bits per heavy atom. The number of hydrogen-bond acceptors (Lipinski definition) is 5. The number of nitrogens with zero attached hydrogens (tertiary/aromatic N) is 1. The molecule has 0 aromatic heterocycles. The predicted molar refractivity (Wildman–Crippen MR) is 144 cm³/mol. The van der Waals surface area contributed by atoms with Crippen LogP contribution in [0.2, 0.25) is 0 Å². The van der Waals surface area contributed by atoms with Crippen molar-refractivity contribution in [3.05, 3.63) is 71.3 Å². The normalized spacial score (nSPS) is 12.4. The minimum atomic E-state index is -1.26. The molecular weight excluding hydrogens is 484 g/mol. The fraction of sp³-hybridized carbons (Fsp3) is 0.379. The molecule has 4 amide bonds. The Morgan fingerprint density at radius 2 is 1.66 bits per heavy atom. The van der Waals surface area contributed by atoms with Gasteiger partial charge in [-0.25, -0.2) is 4.79 Å². The first-order valence-electron chi connectivity index (χ1n) is 12.4. The van der Waals surface area contributed by atoms with Crippen molar-refractivity contribution in [2.24, 2.45) is 5.73 Å². The van der Waals surface area contributed by atoms with E-state index in [1.165, 1.54) is 0 Å². The highest BCUT2D eigenvalue weighted by Crippen LogP contribution is 2.24. The number of rotatable bonds is 11. The van der Waals surface area contributed by atoms with E-state index in [2.05, 4.69) is 16.7 Å². The van der Waals surface area contributed by atoms with Gasteiger partial charge in [0.1, 0.15) is 17.7 Å². The Hall–Kier alpha value is -4.32. The molecule has 0 aliphatic carbocycles. The van der Waals surface area contributed by atoms with Gasteiger partial charge in [0.25, 0.3) is 5.91 Å². The smallest absolute Gasteiger partial charge is 0.408 e. The second-order valence-electron chi connectivity index (χ2n) is 9.74. The third kappa shape index (κ3) is 9.28. The maximum Gasteiger partial charge on any atom is 0.408 e. The van der Waals surface area contributed by atoms with Gasteiger partial charge in [-0.05, 0) is 50.3 Å². The fourth-order valence-corrected chi connectivity index (χ4v) is 3.66. The minimum Gasteiger partial charge on any atom is -0.444 e. The monoisotopic (exact) mass is 520 g/mol. The molecule has 0 saturated carbocycles. The van der Waals surface area contributed by atoms with Gasteiger partial charge in [0, 0.05) is 19.0 Å². The summed E-state index contributed by atoms with van der Waals surface area (Å²) in [7, 11) is 0. The quantitative estimate of drug-likeness (QED) is 0.309. The molecule has 2 unspecified atom stereocenters. The highest BCUT2D eigenvalue weighted by molar-refractivity contribution is 5.93. The summed E-state index contributed by atoms with van der Waals surface area (Å²) in [5, 5.41) is 5.32. The van der Waals surface area contributed by atoms with Crippen molar-refractivity contribution in [3.63, 3.8) is 0 Å². The molecule has 2 aromatic rings. The molecule has 0 spiro atoms.